The summed E-state index contributed by atoms with van der Waals surface area (Å²) in [6, 6.07) is 15.8. The first-order chi connectivity index (χ1) is 14.4. The van der Waals surface area contributed by atoms with Gasteiger partial charge in [0.25, 0.3) is 0 Å². The minimum atomic E-state index is -0.460. The molecular weight excluding hydrogens is 460 g/mol. The number of hydrogen-bond donors (Lipinski definition) is 1. The molecule has 0 saturated carbocycles. The van der Waals surface area contributed by atoms with Crippen molar-refractivity contribution in [2.75, 3.05) is 12.3 Å². The lowest BCUT2D eigenvalue weighted by molar-refractivity contribution is -0.139. The van der Waals surface area contributed by atoms with E-state index in [1.54, 1.807) is 16.7 Å². The van der Waals surface area contributed by atoms with E-state index in [0.717, 1.165) is 27.8 Å². The van der Waals surface area contributed by atoms with Crippen LogP contribution in [-0.2, 0) is 21.9 Å². The lowest BCUT2D eigenvalue weighted by Gasteiger charge is -2.30. The van der Waals surface area contributed by atoms with Gasteiger partial charge >= 0.3 is 0 Å². The molecule has 0 saturated heterocycles. The topological polar surface area (TPSA) is 49.4 Å². The average Bonchev–Trinajstić information content (AvgIpc) is 2.73. The molecule has 0 spiro atoms. The summed E-state index contributed by atoms with van der Waals surface area (Å²) < 4.78 is 1.04. The molecule has 0 aliphatic heterocycles. The third-order valence-electron chi connectivity index (χ3n) is 4.78. The monoisotopic (exact) mass is 490 g/mol. The van der Waals surface area contributed by atoms with Crippen LogP contribution in [0.1, 0.15) is 43.4 Å². The average molecular weight is 491 g/mol. The van der Waals surface area contributed by atoms with Gasteiger partial charge in [-0.15, -0.1) is 11.8 Å². The van der Waals surface area contributed by atoms with Crippen LogP contribution < -0.4 is 5.32 Å². The molecule has 2 amide bonds. The van der Waals surface area contributed by atoms with Crippen LogP contribution in [-0.4, -0.2) is 35.1 Å². The smallest absolute Gasteiger partial charge is 0.242 e. The number of aryl methyl sites for hydroxylation is 1. The number of benzene rings is 2. The van der Waals surface area contributed by atoms with Crippen molar-refractivity contribution in [1.82, 2.24) is 10.2 Å². The summed E-state index contributed by atoms with van der Waals surface area (Å²) in [6.45, 7) is 7.09. The Balaban J connectivity index is 2.10. The van der Waals surface area contributed by atoms with Crippen molar-refractivity contribution in [3.8, 4) is 0 Å². The van der Waals surface area contributed by atoms with Crippen LogP contribution >= 0.6 is 27.7 Å². The standard InChI is InChI=1S/C24H31BrN2O2S/c1-4-13-26-24(29)22(5-2)27(15-20-8-6-7-18(3)14-20)23(28)17-30-16-19-9-11-21(25)12-10-19/h6-12,14,22H,4-5,13,15-17H2,1-3H3,(H,26,29)/t22-/m0/s1. The first-order valence-electron chi connectivity index (χ1n) is 10.4. The van der Waals surface area contributed by atoms with Gasteiger partial charge in [-0.2, -0.15) is 0 Å². The number of amides is 2. The zero-order valence-electron chi connectivity index (χ0n) is 18.0. The largest absolute Gasteiger partial charge is 0.354 e. The van der Waals surface area contributed by atoms with E-state index in [1.165, 1.54) is 5.56 Å². The Morgan fingerprint density at radius 2 is 1.83 bits per heavy atom. The normalized spacial score (nSPS) is 11.7. The second-order valence-corrected chi connectivity index (χ2v) is 9.25. The Labute approximate surface area is 192 Å². The summed E-state index contributed by atoms with van der Waals surface area (Å²) in [5, 5.41) is 2.96. The second-order valence-electron chi connectivity index (χ2n) is 7.35. The zero-order chi connectivity index (χ0) is 21.9. The van der Waals surface area contributed by atoms with Crippen LogP contribution in [0.5, 0.6) is 0 Å². The van der Waals surface area contributed by atoms with Crippen molar-refractivity contribution in [1.29, 1.82) is 0 Å². The van der Waals surface area contributed by atoms with Gasteiger partial charge in [0.15, 0.2) is 0 Å². The molecule has 0 bridgehead atoms. The summed E-state index contributed by atoms with van der Waals surface area (Å²) in [5.41, 5.74) is 3.37. The van der Waals surface area contributed by atoms with Gasteiger partial charge in [0.05, 0.1) is 5.75 Å². The van der Waals surface area contributed by atoms with Crippen molar-refractivity contribution in [2.24, 2.45) is 0 Å². The van der Waals surface area contributed by atoms with Crippen molar-refractivity contribution < 1.29 is 9.59 Å². The highest BCUT2D eigenvalue weighted by atomic mass is 79.9. The van der Waals surface area contributed by atoms with E-state index in [-0.39, 0.29) is 11.8 Å². The van der Waals surface area contributed by atoms with Crippen LogP contribution in [0.4, 0.5) is 0 Å². The Morgan fingerprint density at radius 3 is 2.47 bits per heavy atom. The number of carbonyl (C=O) groups excluding carboxylic acids is 2. The van der Waals surface area contributed by atoms with Gasteiger partial charge in [-0.3, -0.25) is 9.59 Å². The van der Waals surface area contributed by atoms with Gasteiger partial charge in [-0.05, 0) is 43.0 Å². The SMILES string of the molecule is CCCNC(=O)[C@H](CC)N(Cc1cccc(C)c1)C(=O)CSCc1ccc(Br)cc1. The van der Waals surface area contributed by atoms with Crippen LogP contribution in [0, 0.1) is 6.92 Å². The number of thioether (sulfide) groups is 1. The Kier molecular flexibility index (Phi) is 10.4. The molecule has 0 radical (unpaired) electrons. The van der Waals surface area contributed by atoms with E-state index >= 15 is 0 Å². The number of nitrogens with one attached hydrogen (secondary N) is 1. The maximum Gasteiger partial charge on any atom is 0.242 e. The number of rotatable bonds is 11. The first-order valence-corrected chi connectivity index (χ1v) is 12.3. The third-order valence-corrected chi connectivity index (χ3v) is 6.30. The molecule has 30 heavy (non-hydrogen) atoms. The number of halogens is 1. The molecule has 0 unspecified atom stereocenters. The molecule has 0 fully saturated rings. The predicted molar refractivity (Wildman–Crippen MR) is 129 cm³/mol. The number of nitrogens with zero attached hydrogens (tertiary/aromatic N) is 1. The Bertz CT molecular complexity index is 826. The molecule has 0 aliphatic rings. The van der Waals surface area contributed by atoms with Gasteiger partial charge in [0.2, 0.25) is 11.8 Å². The fraction of sp³-hybridized carbons (Fsp3) is 0.417. The minimum absolute atomic E-state index is 0.00267. The molecule has 162 valence electrons. The third kappa shape index (κ3) is 7.80. The highest BCUT2D eigenvalue weighted by Crippen LogP contribution is 2.19. The van der Waals surface area contributed by atoms with Gasteiger partial charge < -0.3 is 10.2 Å². The van der Waals surface area contributed by atoms with Crippen LogP contribution in [0.25, 0.3) is 0 Å². The van der Waals surface area contributed by atoms with Gasteiger partial charge in [-0.25, -0.2) is 0 Å². The van der Waals surface area contributed by atoms with E-state index < -0.39 is 6.04 Å². The van der Waals surface area contributed by atoms with Crippen molar-refractivity contribution >= 4 is 39.5 Å². The van der Waals surface area contributed by atoms with E-state index in [2.05, 4.69) is 39.4 Å². The molecule has 0 aromatic heterocycles. The number of hydrogen-bond acceptors (Lipinski definition) is 3. The van der Waals surface area contributed by atoms with E-state index in [1.807, 2.05) is 51.1 Å². The van der Waals surface area contributed by atoms with Crippen LogP contribution in [0.2, 0.25) is 0 Å². The molecule has 6 heteroatoms. The quantitative estimate of drug-likeness (QED) is 0.463. The summed E-state index contributed by atoms with van der Waals surface area (Å²) in [4.78, 5) is 27.7. The fourth-order valence-electron chi connectivity index (χ4n) is 3.21. The molecule has 4 nitrogen and oxygen atoms in total. The molecule has 0 aliphatic carbocycles. The Hall–Kier alpha value is -1.79. The van der Waals surface area contributed by atoms with Crippen molar-refractivity contribution in [2.45, 2.75) is 52.0 Å². The molecular formula is C24H31BrN2O2S. The van der Waals surface area contributed by atoms with E-state index in [4.69, 9.17) is 0 Å². The summed E-state index contributed by atoms with van der Waals surface area (Å²) in [6.07, 6.45) is 1.46. The lowest BCUT2D eigenvalue weighted by atomic mass is 10.1. The first kappa shape index (κ1) is 24.5. The maximum absolute atomic E-state index is 13.2. The summed E-state index contributed by atoms with van der Waals surface area (Å²) in [5.74, 6) is 1.03. The minimum Gasteiger partial charge on any atom is -0.354 e. The molecule has 1 N–H and O–H groups in total. The highest BCUT2D eigenvalue weighted by molar-refractivity contribution is 9.10. The highest BCUT2D eigenvalue weighted by Gasteiger charge is 2.28. The van der Waals surface area contributed by atoms with Crippen molar-refractivity contribution in [3.63, 3.8) is 0 Å². The van der Waals surface area contributed by atoms with Gasteiger partial charge in [0.1, 0.15) is 6.04 Å². The molecule has 0 heterocycles. The second kappa shape index (κ2) is 12.8. The van der Waals surface area contributed by atoms with E-state index in [9.17, 15) is 9.59 Å². The molecule has 2 aromatic carbocycles. The van der Waals surface area contributed by atoms with Crippen molar-refractivity contribution in [3.05, 3.63) is 69.7 Å². The molecule has 1 atom stereocenters. The van der Waals surface area contributed by atoms with Gasteiger partial charge in [-0.1, -0.05) is 71.7 Å². The summed E-state index contributed by atoms with van der Waals surface area (Å²) in [7, 11) is 0. The van der Waals surface area contributed by atoms with Crippen LogP contribution in [0.3, 0.4) is 0 Å². The zero-order valence-corrected chi connectivity index (χ0v) is 20.4. The molecule has 2 rings (SSSR count). The number of carbonyl (C=O) groups is 2. The fourth-order valence-corrected chi connectivity index (χ4v) is 4.35. The van der Waals surface area contributed by atoms with Gasteiger partial charge in [0, 0.05) is 23.3 Å². The van der Waals surface area contributed by atoms with E-state index in [0.29, 0.717) is 25.3 Å². The Morgan fingerprint density at radius 1 is 1.10 bits per heavy atom. The summed E-state index contributed by atoms with van der Waals surface area (Å²) >= 11 is 5.02. The lowest BCUT2D eigenvalue weighted by Crippen LogP contribution is -2.49. The predicted octanol–water partition coefficient (Wildman–Crippen LogP) is 5.32. The van der Waals surface area contributed by atoms with Crippen LogP contribution in [0.15, 0.2) is 53.0 Å². The maximum atomic E-state index is 13.2. The molecule has 2 aromatic rings.